The van der Waals surface area contributed by atoms with E-state index in [1.165, 1.54) is 0 Å². The number of carbonyl (C=O) groups is 1. The summed E-state index contributed by atoms with van der Waals surface area (Å²) in [6.45, 7) is 3.92. The van der Waals surface area contributed by atoms with E-state index in [0.29, 0.717) is 5.92 Å². The van der Waals surface area contributed by atoms with Crippen LogP contribution in [-0.2, 0) is 0 Å². The summed E-state index contributed by atoms with van der Waals surface area (Å²) in [6, 6.07) is 9.57. The smallest absolute Gasteiger partial charge is 0.253 e. The van der Waals surface area contributed by atoms with E-state index >= 15 is 0 Å². The van der Waals surface area contributed by atoms with Gasteiger partial charge in [-0.05, 0) is 37.3 Å². The highest BCUT2D eigenvalue weighted by atomic mass is 16.2. The van der Waals surface area contributed by atoms with Gasteiger partial charge >= 0.3 is 0 Å². The van der Waals surface area contributed by atoms with Crippen molar-refractivity contribution in [3.05, 3.63) is 48.0 Å². The number of benzene rings is 1. The molecule has 1 fully saturated rings. The zero-order valence-electron chi connectivity index (χ0n) is 11.0. The van der Waals surface area contributed by atoms with E-state index < -0.39 is 0 Å². The maximum absolute atomic E-state index is 12.2. The predicted molar refractivity (Wildman–Crippen MR) is 74.5 cm³/mol. The van der Waals surface area contributed by atoms with E-state index in [0.717, 1.165) is 37.9 Å². The molecule has 1 amide bonds. The number of rotatable bonds is 3. The standard InChI is InChI=1S/C16H21NO/c1-2-3-7-14-10-12-17(13-11-14)16(18)15-8-5-4-6-9-15/h3-9,14H,2,10-13H2,1H3/b7-3+. The van der Waals surface area contributed by atoms with Crippen molar-refractivity contribution in [2.75, 3.05) is 13.1 Å². The molecule has 0 aliphatic carbocycles. The molecule has 0 aromatic heterocycles. The molecule has 0 spiro atoms. The predicted octanol–water partition coefficient (Wildman–Crippen LogP) is 3.51. The van der Waals surface area contributed by atoms with E-state index in [9.17, 15) is 4.79 Å². The Bertz CT molecular complexity index is 402. The van der Waals surface area contributed by atoms with Gasteiger partial charge in [0.2, 0.25) is 0 Å². The molecule has 0 N–H and O–H groups in total. The second-order valence-corrected chi connectivity index (χ2v) is 4.83. The monoisotopic (exact) mass is 243 g/mol. The van der Waals surface area contributed by atoms with Crippen molar-refractivity contribution in [1.29, 1.82) is 0 Å². The Morgan fingerprint density at radius 2 is 1.94 bits per heavy atom. The molecule has 0 bridgehead atoms. The zero-order valence-corrected chi connectivity index (χ0v) is 11.0. The van der Waals surface area contributed by atoms with Gasteiger partial charge in [0.25, 0.3) is 5.91 Å². The normalized spacial score (nSPS) is 17.3. The zero-order chi connectivity index (χ0) is 12.8. The van der Waals surface area contributed by atoms with Gasteiger partial charge in [0.1, 0.15) is 0 Å². The molecule has 0 unspecified atom stereocenters. The fraction of sp³-hybridized carbons (Fsp3) is 0.438. The third-order valence-electron chi connectivity index (χ3n) is 3.49. The highest BCUT2D eigenvalue weighted by Crippen LogP contribution is 2.20. The van der Waals surface area contributed by atoms with Crippen LogP contribution in [0.15, 0.2) is 42.5 Å². The molecule has 1 aromatic rings. The molecule has 1 aliphatic heterocycles. The lowest BCUT2D eigenvalue weighted by Gasteiger charge is -2.30. The van der Waals surface area contributed by atoms with Gasteiger partial charge in [0.05, 0.1) is 0 Å². The van der Waals surface area contributed by atoms with Crippen molar-refractivity contribution in [2.45, 2.75) is 26.2 Å². The van der Waals surface area contributed by atoms with Crippen LogP contribution < -0.4 is 0 Å². The summed E-state index contributed by atoms with van der Waals surface area (Å²) in [5, 5.41) is 0. The Hall–Kier alpha value is -1.57. The molecule has 18 heavy (non-hydrogen) atoms. The van der Waals surface area contributed by atoms with E-state index in [-0.39, 0.29) is 5.91 Å². The quantitative estimate of drug-likeness (QED) is 0.744. The van der Waals surface area contributed by atoms with Gasteiger partial charge in [-0.2, -0.15) is 0 Å². The molecular weight excluding hydrogens is 222 g/mol. The molecular formula is C16H21NO. The van der Waals surface area contributed by atoms with Gasteiger partial charge in [-0.3, -0.25) is 4.79 Å². The maximum Gasteiger partial charge on any atom is 0.253 e. The van der Waals surface area contributed by atoms with Crippen LogP contribution in [0.3, 0.4) is 0 Å². The second-order valence-electron chi connectivity index (χ2n) is 4.83. The molecule has 0 saturated carbocycles. The van der Waals surface area contributed by atoms with Gasteiger partial charge in [0.15, 0.2) is 0 Å². The number of likely N-dealkylation sites (tertiary alicyclic amines) is 1. The van der Waals surface area contributed by atoms with Gasteiger partial charge in [-0.1, -0.05) is 37.3 Å². The van der Waals surface area contributed by atoms with Crippen LogP contribution in [0.1, 0.15) is 36.5 Å². The first-order valence-electron chi connectivity index (χ1n) is 6.82. The number of piperidine rings is 1. The molecule has 2 nitrogen and oxygen atoms in total. The molecule has 1 heterocycles. The van der Waals surface area contributed by atoms with Crippen molar-refractivity contribution in [2.24, 2.45) is 5.92 Å². The maximum atomic E-state index is 12.2. The van der Waals surface area contributed by atoms with Crippen LogP contribution in [0.2, 0.25) is 0 Å². The van der Waals surface area contributed by atoms with Crippen molar-refractivity contribution in [1.82, 2.24) is 4.90 Å². The number of nitrogens with zero attached hydrogens (tertiary/aromatic N) is 1. The number of allylic oxidation sites excluding steroid dienone is 2. The molecule has 1 saturated heterocycles. The fourth-order valence-corrected chi connectivity index (χ4v) is 2.39. The van der Waals surface area contributed by atoms with Crippen LogP contribution >= 0.6 is 0 Å². The second kappa shape index (κ2) is 6.39. The minimum absolute atomic E-state index is 0.175. The number of hydrogen-bond donors (Lipinski definition) is 0. The first-order chi connectivity index (χ1) is 8.81. The van der Waals surface area contributed by atoms with Crippen molar-refractivity contribution in [3.8, 4) is 0 Å². The van der Waals surface area contributed by atoms with E-state index in [1.54, 1.807) is 0 Å². The Morgan fingerprint density at radius 3 is 2.56 bits per heavy atom. The molecule has 2 rings (SSSR count). The summed E-state index contributed by atoms with van der Waals surface area (Å²) in [7, 11) is 0. The topological polar surface area (TPSA) is 20.3 Å². The number of amides is 1. The lowest BCUT2D eigenvalue weighted by molar-refractivity contribution is 0.0705. The molecule has 0 radical (unpaired) electrons. The minimum atomic E-state index is 0.175. The van der Waals surface area contributed by atoms with Crippen LogP contribution in [-0.4, -0.2) is 23.9 Å². The summed E-state index contributed by atoms with van der Waals surface area (Å²) in [5.41, 5.74) is 0.806. The SMILES string of the molecule is CC/C=C/C1CCN(C(=O)c2ccccc2)CC1. The fourth-order valence-electron chi connectivity index (χ4n) is 2.39. The Morgan fingerprint density at radius 1 is 1.28 bits per heavy atom. The van der Waals surface area contributed by atoms with Gasteiger partial charge in [-0.25, -0.2) is 0 Å². The van der Waals surface area contributed by atoms with Gasteiger partial charge in [0, 0.05) is 18.7 Å². The van der Waals surface area contributed by atoms with Crippen molar-refractivity contribution < 1.29 is 4.79 Å². The summed E-state index contributed by atoms with van der Waals surface area (Å²) in [6.07, 6.45) is 7.83. The summed E-state index contributed by atoms with van der Waals surface area (Å²) >= 11 is 0. The molecule has 1 aliphatic rings. The lowest BCUT2D eigenvalue weighted by atomic mass is 9.95. The van der Waals surface area contributed by atoms with Crippen molar-refractivity contribution in [3.63, 3.8) is 0 Å². The number of carbonyl (C=O) groups excluding carboxylic acids is 1. The average Bonchev–Trinajstić information content (AvgIpc) is 2.46. The first-order valence-corrected chi connectivity index (χ1v) is 6.82. The molecule has 1 aromatic carbocycles. The van der Waals surface area contributed by atoms with Crippen molar-refractivity contribution >= 4 is 5.91 Å². The Labute approximate surface area is 109 Å². The molecule has 2 heteroatoms. The third-order valence-corrected chi connectivity index (χ3v) is 3.49. The number of hydrogen-bond acceptors (Lipinski definition) is 1. The lowest BCUT2D eigenvalue weighted by Crippen LogP contribution is -2.38. The average molecular weight is 243 g/mol. The first kappa shape index (κ1) is 12.9. The highest BCUT2D eigenvalue weighted by molar-refractivity contribution is 5.94. The summed E-state index contributed by atoms with van der Waals surface area (Å²) in [5.74, 6) is 0.832. The summed E-state index contributed by atoms with van der Waals surface area (Å²) in [4.78, 5) is 14.2. The van der Waals surface area contributed by atoms with Gasteiger partial charge < -0.3 is 4.90 Å². The van der Waals surface area contributed by atoms with Gasteiger partial charge in [-0.15, -0.1) is 0 Å². The van der Waals surface area contributed by atoms with Crippen LogP contribution in [0.25, 0.3) is 0 Å². The van der Waals surface area contributed by atoms with E-state index in [1.807, 2.05) is 35.2 Å². The van der Waals surface area contributed by atoms with Crippen LogP contribution in [0.4, 0.5) is 0 Å². The molecule has 96 valence electrons. The summed E-state index contributed by atoms with van der Waals surface area (Å²) < 4.78 is 0. The largest absolute Gasteiger partial charge is 0.339 e. The Kier molecular flexibility index (Phi) is 4.57. The highest BCUT2D eigenvalue weighted by Gasteiger charge is 2.21. The minimum Gasteiger partial charge on any atom is -0.339 e. The van der Waals surface area contributed by atoms with Crippen LogP contribution in [0.5, 0.6) is 0 Å². The Balaban J connectivity index is 1.90. The van der Waals surface area contributed by atoms with E-state index in [4.69, 9.17) is 0 Å². The molecule has 0 atom stereocenters. The van der Waals surface area contributed by atoms with E-state index in [2.05, 4.69) is 19.1 Å². The third kappa shape index (κ3) is 3.22. The van der Waals surface area contributed by atoms with Crippen LogP contribution in [0, 0.1) is 5.92 Å².